The highest BCUT2D eigenvalue weighted by molar-refractivity contribution is 7.89. The molecular formula is C28H30ClN5O7S. The van der Waals surface area contributed by atoms with Crippen molar-refractivity contribution in [2.24, 2.45) is 0 Å². The number of halogens is 1. The van der Waals surface area contributed by atoms with Gasteiger partial charge in [-0.05, 0) is 60.0 Å². The maximum Gasteiger partial charge on any atom is 0.408 e. The molecule has 0 saturated carbocycles. The van der Waals surface area contributed by atoms with Crippen molar-refractivity contribution < 1.29 is 32.6 Å². The van der Waals surface area contributed by atoms with Gasteiger partial charge in [0.1, 0.15) is 0 Å². The number of pyridine rings is 1. The van der Waals surface area contributed by atoms with E-state index in [0.29, 0.717) is 36.3 Å². The number of aliphatic carboxylic acids is 1. The van der Waals surface area contributed by atoms with Crippen LogP contribution in [0.5, 0.6) is 0 Å². The monoisotopic (exact) mass is 615 g/mol. The summed E-state index contributed by atoms with van der Waals surface area (Å²) in [6.45, 7) is 0.311. The predicted molar refractivity (Wildman–Crippen MR) is 155 cm³/mol. The Morgan fingerprint density at radius 1 is 1.00 bits per heavy atom. The summed E-state index contributed by atoms with van der Waals surface area (Å²) in [5.41, 5.74) is 0.0776. The fourth-order valence-corrected chi connectivity index (χ4v) is 6.98. The number of nitrogens with zero attached hydrogens (tertiary/aromatic N) is 4. The lowest BCUT2D eigenvalue weighted by atomic mass is 9.86. The Hall–Kier alpha value is -3.94. The van der Waals surface area contributed by atoms with Gasteiger partial charge in [-0.25, -0.2) is 18.0 Å². The molecule has 2 aliphatic rings. The van der Waals surface area contributed by atoms with Crippen molar-refractivity contribution >= 4 is 56.1 Å². The number of carbonyl (C=O) groups excluding carboxylic acids is 2. The third kappa shape index (κ3) is 6.58. The van der Waals surface area contributed by atoms with E-state index in [2.05, 4.69) is 15.2 Å². The number of rotatable bonds is 8. The Bertz CT molecular complexity index is 1600. The van der Waals surface area contributed by atoms with Crippen LogP contribution < -0.4 is 10.2 Å². The van der Waals surface area contributed by atoms with E-state index in [0.717, 1.165) is 15.4 Å². The van der Waals surface area contributed by atoms with Crippen molar-refractivity contribution in [2.75, 3.05) is 50.8 Å². The number of carboxylic acid groups (broad SMARTS) is 1. The molecular weight excluding hydrogens is 586 g/mol. The number of hydrogen-bond acceptors (Lipinski definition) is 8. The van der Waals surface area contributed by atoms with Gasteiger partial charge < -0.3 is 25.0 Å². The largest absolute Gasteiger partial charge is 0.479 e. The highest BCUT2D eigenvalue weighted by Gasteiger charge is 2.42. The zero-order chi connectivity index (χ0) is 29.9. The average Bonchev–Trinajstić information content (AvgIpc) is 2.97. The summed E-state index contributed by atoms with van der Waals surface area (Å²) >= 11 is 6.04. The molecule has 2 saturated heterocycles. The number of ether oxygens (including phenoxy) is 1. The van der Waals surface area contributed by atoms with E-state index in [-0.39, 0.29) is 31.1 Å². The number of hydrogen-bond donors (Lipinski definition) is 2. The third-order valence-electron chi connectivity index (χ3n) is 7.63. The Morgan fingerprint density at radius 2 is 1.69 bits per heavy atom. The van der Waals surface area contributed by atoms with Crippen molar-refractivity contribution in [3.05, 3.63) is 65.9 Å². The molecule has 2 aromatic carbocycles. The highest BCUT2D eigenvalue weighted by Crippen LogP contribution is 2.29. The van der Waals surface area contributed by atoms with Gasteiger partial charge in [0, 0.05) is 55.8 Å². The van der Waals surface area contributed by atoms with E-state index in [1.54, 1.807) is 47.6 Å². The normalized spacial score (nSPS) is 17.7. The van der Waals surface area contributed by atoms with Crippen molar-refractivity contribution in [1.29, 1.82) is 0 Å². The zero-order valence-corrected chi connectivity index (χ0v) is 24.2. The molecule has 42 heavy (non-hydrogen) atoms. The lowest BCUT2D eigenvalue weighted by Gasteiger charge is -2.46. The summed E-state index contributed by atoms with van der Waals surface area (Å²) in [4.78, 5) is 44.5. The van der Waals surface area contributed by atoms with Crippen LogP contribution in [0.15, 0.2) is 65.8 Å². The second-order valence-electron chi connectivity index (χ2n) is 10.4. The minimum Gasteiger partial charge on any atom is -0.479 e. The molecule has 0 aliphatic carbocycles. The van der Waals surface area contributed by atoms with Crippen LogP contribution in [0.3, 0.4) is 0 Å². The second kappa shape index (κ2) is 12.1. The van der Waals surface area contributed by atoms with Gasteiger partial charge in [-0.15, -0.1) is 0 Å². The number of sulfonamides is 1. The SMILES string of the molecule is O=C(O)COC(=O)NC1(CN2CCN(S(=O)(=O)c3ccc4cc(Cl)ccc4c3)CC2=O)CCN(c2ccncc2)CC1. The van der Waals surface area contributed by atoms with Gasteiger partial charge in [0.15, 0.2) is 6.61 Å². The molecule has 0 atom stereocenters. The first kappa shape index (κ1) is 29.5. The van der Waals surface area contributed by atoms with Gasteiger partial charge in [0.25, 0.3) is 0 Å². The summed E-state index contributed by atoms with van der Waals surface area (Å²) in [7, 11) is -3.94. The molecule has 2 N–H and O–H groups in total. The number of piperazine rings is 1. The Balaban J connectivity index is 1.29. The van der Waals surface area contributed by atoms with Crippen LogP contribution in [0.2, 0.25) is 5.02 Å². The molecule has 3 heterocycles. The fraction of sp³-hybridized carbons (Fsp3) is 0.357. The molecule has 14 heteroatoms. The maximum absolute atomic E-state index is 13.4. The quantitative estimate of drug-likeness (QED) is 0.390. The molecule has 0 radical (unpaired) electrons. The molecule has 2 amide bonds. The molecule has 12 nitrogen and oxygen atoms in total. The van der Waals surface area contributed by atoms with Crippen LogP contribution in [-0.2, 0) is 24.3 Å². The first-order valence-corrected chi connectivity index (χ1v) is 15.2. The number of nitrogens with one attached hydrogen (secondary N) is 1. The van der Waals surface area contributed by atoms with Crippen LogP contribution in [0.4, 0.5) is 10.5 Å². The van der Waals surface area contributed by atoms with Crippen molar-refractivity contribution in [3.63, 3.8) is 0 Å². The summed E-state index contributed by atoms with van der Waals surface area (Å²) in [6, 6.07) is 13.7. The number of benzene rings is 2. The van der Waals surface area contributed by atoms with E-state index in [9.17, 15) is 22.8 Å². The molecule has 3 aromatic rings. The van der Waals surface area contributed by atoms with Gasteiger partial charge in [-0.2, -0.15) is 4.31 Å². The average molecular weight is 616 g/mol. The Morgan fingerprint density at radius 3 is 2.38 bits per heavy atom. The first-order chi connectivity index (χ1) is 20.0. The smallest absolute Gasteiger partial charge is 0.408 e. The number of carbonyl (C=O) groups is 3. The topological polar surface area (TPSA) is 149 Å². The van der Waals surface area contributed by atoms with Crippen LogP contribution in [-0.4, -0.2) is 97.1 Å². The number of piperidine rings is 1. The van der Waals surface area contributed by atoms with E-state index >= 15 is 0 Å². The molecule has 222 valence electrons. The minimum atomic E-state index is -3.94. The summed E-state index contributed by atoms with van der Waals surface area (Å²) < 4.78 is 32.9. The van der Waals surface area contributed by atoms with Gasteiger partial charge in [0.2, 0.25) is 15.9 Å². The summed E-state index contributed by atoms with van der Waals surface area (Å²) in [5, 5.41) is 13.8. The van der Waals surface area contributed by atoms with E-state index in [1.165, 1.54) is 6.07 Å². The van der Waals surface area contributed by atoms with Crippen molar-refractivity contribution in [2.45, 2.75) is 23.3 Å². The minimum absolute atomic E-state index is 0.0788. The van der Waals surface area contributed by atoms with Gasteiger partial charge >= 0.3 is 12.1 Å². The molecule has 5 rings (SSSR count). The Labute approximate surface area is 247 Å². The number of amides is 2. The van der Waals surface area contributed by atoms with Crippen molar-refractivity contribution in [1.82, 2.24) is 19.5 Å². The van der Waals surface area contributed by atoms with Gasteiger partial charge in [-0.3, -0.25) is 9.78 Å². The molecule has 0 unspecified atom stereocenters. The number of fused-ring (bicyclic) bond motifs is 1. The molecule has 0 spiro atoms. The summed E-state index contributed by atoms with van der Waals surface area (Å²) in [5.74, 6) is -1.68. The fourth-order valence-electron chi connectivity index (χ4n) is 5.38. The number of aromatic nitrogens is 1. The van der Waals surface area contributed by atoms with Gasteiger partial charge in [-0.1, -0.05) is 23.7 Å². The number of anilines is 1. The number of carboxylic acids is 1. The van der Waals surface area contributed by atoms with Crippen LogP contribution in [0.1, 0.15) is 12.8 Å². The second-order valence-corrected chi connectivity index (χ2v) is 12.7. The van der Waals surface area contributed by atoms with Crippen LogP contribution in [0, 0.1) is 0 Å². The Kier molecular flexibility index (Phi) is 8.53. The lowest BCUT2D eigenvalue weighted by molar-refractivity contribution is -0.140. The third-order valence-corrected chi connectivity index (χ3v) is 9.71. The molecule has 1 aromatic heterocycles. The summed E-state index contributed by atoms with van der Waals surface area (Å²) in [6.07, 6.45) is 3.40. The maximum atomic E-state index is 13.4. The molecule has 0 bridgehead atoms. The van der Waals surface area contributed by atoms with Gasteiger partial charge in [0.05, 0.1) is 17.0 Å². The molecule has 2 aliphatic heterocycles. The van der Waals surface area contributed by atoms with Crippen molar-refractivity contribution in [3.8, 4) is 0 Å². The first-order valence-electron chi connectivity index (χ1n) is 13.3. The van der Waals surface area contributed by atoms with Crippen LogP contribution >= 0.6 is 11.6 Å². The number of alkyl carbamates (subject to hydrolysis) is 1. The zero-order valence-electron chi connectivity index (χ0n) is 22.6. The highest BCUT2D eigenvalue weighted by atomic mass is 35.5. The van der Waals surface area contributed by atoms with E-state index < -0.39 is 40.1 Å². The van der Waals surface area contributed by atoms with Crippen LogP contribution in [0.25, 0.3) is 10.8 Å². The molecule has 2 fully saturated rings. The van der Waals surface area contributed by atoms with E-state index in [1.807, 2.05) is 12.1 Å². The lowest BCUT2D eigenvalue weighted by Crippen LogP contribution is -2.64. The standard InChI is InChI=1S/C28H30ClN5O7S/c29-22-3-1-21-16-24(4-2-20(21)15-22)42(39,40)34-14-13-33(25(35)17-34)19-28(31-27(38)41-18-26(36)37)7-11-32(12-8-28)23-5-9-30-10-6-23/h1-6,9-10,15-16H,7-8,11-14,17-19H2,(H,31,38)(H,36,37). The predicted octanol–water partition coefficient (Wildman–Crippen LogP) is 2.57. The van der Waals surface area contributed by atoms with E-state index in [4.69, 9.17) is 21.4 Å².